The van der Waals surface area contributed by atoms with E-state index in [0.29, 0.717) is 17.5 Å². The van der Waals surface area contributed by atoms with Crippen LogP contribution in [0.2, 0.25) is 0 Å². The number of amides is 3. The SMILES string of the molecule is CC(C)n1nccc1C(=O)N[C@H](C(=O)Nc1ccc([C@H](C)C(=O)NCC(F)(F)F)cc1F)C(C1CC1)C1CC1. The number of rotatable bonds is 11. The summed E-state index contributed by atoms with van der Waals surface area (Å²) >= 11 is 0. The van der Waals surface area contributed by atoms with Crippen LogP contribution < -0.4 is 16.0 Å². The van der Waals surface area contributed by atoms with Gasteiger partial charge in [-0.25, -0.2) is 4.39 Å². The fraction of sp³-hybridized carbons (Fsp3) is 0.556. The lowest BCUT2D eigenvalue weighted by atomic mass is 9.88. The topological polar surface area (TPSA) is 105 Å². The van der Waals surface area contributed by atoms with Crippen molar-refractivity contribution in [2.45, 2.75) is 70.6 Å². The molecule has 0 bridgehead atoms. The van der Waals surface area contributed by atoms with Gasteiger partial charge in [0.05, 0.1) is 11.6 Å². The summed E-state index contributed by atoms with van der Waals surface area (Å²) in [7, 11) is 0. The lowest BCUT2D eigenvalue weighted by Crippen LogP contribution is -2.50. The molecule has 3 amide bonds. The number of hydrogen-bond acceptors (Lipinski definition) is 4. The van der Waals surface area contributed by atoms with E-state index in [1.807, 2.05) is 13.8 Å². The Bertz CT molecular complexity index is 1210. The molecule has 0 aliphatic heterocycles. The van der Waals surface area contributed by atoms with Gasteiger partial charge in [-0.2, -0.15) is 18.3 Å². The van der Waals surface area contributed by atoms with E-state index < -0.39 is 48.2 Å². The zero-order valence-electron chi connectivity index (χ0n) is 22.0. The molecule has 2 saturated carbocycles. The van der Waals surface area contributed by atoms with E-state index in [9.17, 15) is 27.6 Å². The summed E-state index contributed by atoms with van der Waals surface area (Å²) in [6, 6.07) is 4.29. The van der Waals surface area contributed by atoms with Gasteiger partial charge in [0.2, 0.25) is 11.8 Å². The van der Waals surface area contributed by atoms with Crippen LogP contribution in [-0.4, -0.2) is 46.3 Å². The van der Waals surface area contributed by atoms with E-state index in [1.54, 1.807) is 16.1 Å². The average molecular weight is 552 g/mol. The monoisotopic (exact) mass is 551 g/mol. The highest BCUT2D eigenvalue weighted by molar-refractivity contribution is 6.01. The molecule has 2 aromatic rings. The van der Waals surface area contributed by atoms with Gasteiger partial charge in [-0.1, -0.05) is 6.07 Å². The van der Waals surface area contributed by atoms with Crippen LogP contribution in [0.3, 0.4) is 0 Å². The minimum atomic E-state index is -4.56. The van der Waals surface area contributed by atoms with Gasteiger partial charge in [-0.3, -0.25) is 19.1 Å². The molecule has 1 aromatic carbocycles. The lowest BCUT2D eigenvalue weighted by molar-refractivity contribution is -0.139. The van der Waals surface area contributed by atoms with Crippen molar-refractivity contribution in [3.8, 4) is 0 Å². The van der Waals surface area contributed by atoms with Crippen LogP contribution in [-0.2, 0) is 9.59 Å². The summed E-state index contributed by atoms with van der Waals surface area (Å²) in [5.41, 5.74) is 0.329. The molecule has 2 aliphatic rings. The zero-order chi connectivity index (χ0) is 28.5. The smallest absolute Gasteiger partial charge is 0.346 e. The number of nitrogens with one attached hydrogen (secondary N) is 3. The zero-order valence-corrected chi connectivity index (χ0v) is 22.0. The molecular formula is C27H33F4N5O3. The second-order valence-corrected chi connectivity index (χ2v) is 10.7. The third-order valence-corrected chi connectivity index (χ3v) is 7.29. The van der Waals surface area contributed by atoms with Crippen LogP contribution in [0.1, 0.15) is 74.5 Å². The molecule has 1 heterocycles. The Labute approximate surface area is 223 Å². The number of hydrogen-bond donors (Lipinski definition) is 3. The van der Waals surface area contributed by atoms with Gasteiger partial charge in [-0.05, 0) is 88.0 Å². The summed E-state index contributed by atoms with van der Waals surface area (Å²) in [4.78, 5) is 38.8. The molecule has 0 saturated heterocycles. The molecule has 39 heavy (non-hydrogen) atoms. The summed E-state index contributed by atoms with van der Waals surface area (Å²) in [5, 5.41) is 11.4. The van der Waals surface area contributed by atoms with Gasteiger partial charge in [-0.15, -0.1) is 0 Å². The number of benzene rings is 1. The van der Waals surface area contributed by atoms with Gasteiger partial charge in [0.15, 0.2) is 0 Å². The van der Waals surface area contributed by atoms with Gasteiger partial charge in [0.25, 0.3) is 5.91 Å². The Morgan fingerprint density at radius 1 is 1.03 bits per heavy atom. The van der Waals surface area contributed by atoms with E-state index >= 15 is 4.39 Å². The van der Waals surface area contributed by atoms with Crippen LogP contribution in [0.15, 0.2) is 30.5 Å². The molecule has 2 atom stereocenters. The van der Waals surface area contributed by atoms with Crippen molar-refractivity contribution in [3.63, 3.8) is 0 Å². The van der Waals surface area contributed by atoms with Crippen molar-refractivity contribution in [1.82, 2.24) is 20.4 Å². The van der Waals surface area contributed by atoms with E-state index in [0.717, 1.165) is 31.7 Å². The maximum Gasteiger partial charge on any atom is 0.405 e. The first kappa shape index (κ1) is 28.6. The fourth-order valence-corrected chi connectivity index (χ4v) is 4.95. The second kappa shape index (κ2) is 11.4. The number of halogens is 4. The highest BCUT2D eigenvalue weighted by atomic mass is 19.4. The van der Waals surface area contributed by atoms with E-state index in [4.69, 9.17) is 0 Å². The molecule has 8 nitrogen and oxygen atoms in total. The van der Waals surface area contributed by atoms with Crippen LogP contribution in [0.5, 0.6) is 0 Å². The number of carbonyl (C=O) groups is 3. The Morgan fingerprint density at radius 2 is 1.67 bits per heavy atom. The minimum Gasteiger partial charge on any atom is -0.346 e. The first-order valence-electron chi connectivity index (χ1n) is 13.1. The summed E-state index contributed by atoms with van der Waals surface area (Å²) in [6.45, 7) is 3.65. The van der Waals surface area contributed by atoms with E-state index in [1.165, 1.54) is 25.3 Å². The third-order valence-electron chi connectivity index (χ3n) is 7.29. The molecule has 0 unspecified atom stereocenters. The van der Waals surface area contributed by atoms with E-state index in [2.05, 4.69) is 15.7 Å². The van der Waals surface area contributed by atoms with Crippen LogP contribution >= 0.6 is 0 Å². The number of aromatic nitrogens is 2. The maximum absolute atomic E-state index is 15.0. The number of nitrogens with zero attached hydrogens (tertiary/aromatic N) is 2. The van der Waals surface area contributed by atoms with Crippen molar-refractivity contribution in [1.29, 1.82) is 0 Å². The predicted molar refractivity (Wildman–Crippen MR) is 135 cm³/mol. The number of carbonyl (C=O) groups excluding carboxylic acids is 3. The first-order valence-corrected chi connectivity index (χ1v) is 13.1. The molecule has 1 aromatic heterocycles. The van der Waals surface area contributed by atoms with Gasteiger partial charge >= 0.3 is 6.18 Å². The first-order chi connectivity index (χ1) is 18.4. The number of anilines is 1. The summed E-state index contributed by atoms with van der Waals surface area (Å²) in [5.74, 6) is -3.26. The largest absolute Gasteiger partial charge is 0.405 e. The molecule has 0 radical (unpaired) electrons. The Hall–Kier alpha value is -3.44. The van der Waals surface area contributed by atoms with Crippen molar-refractivity contribution in [3.05, 3.63) is 47.5 Å². The highest BCUT2D eigenvalue weighted by Gasteiger charge is 2.48. The summed E-state index contributed by atoms with van der Waals surface area (Å²) in [6.07, 6.45) is 0.798. The lowest BCUT2D eigenvalue weighted by Gasteiger charge is -2.28. The van der Waals surface area contributed by atoms with Gasteiger partial charge in [0.1, 0.15) is 24.1 Å². The molecule has 212 valence electrons. The van der Waals surface area contributed by atoms with Crippen molar-refractivity contribution in [2.75, 3.05) is 11.9 Å². The fourth-order valence-electron chi connectivity index (χ4n) is 4.95. The second-order valence-electron chi connectivity index (χ2n) is 10.7. The van der Waals surface area contributed by atoms with Crippen molar-refractivity contribution in [2.24, 2.45) is 17.8 Å². The van der Waals surface area contributed by atoms with Crippen molar-refractivity contribution < 1.29 is 31.9 Å². The summed E-state index contributed by atoms with van der Waals surface area (Å²) < 4.78 is 53.8. The maximum atomic E-state index is 15.0. The normalized spacial score (nSPS) is 17.2. The number of alkyl halides is 3. The Kier molecular flexibility index (Phi) is 8.31. The predicted octanol–water partition coefficient (Wildman–Crippen LogP) is 4.56. The molecule has 12 heteroatoms. The van der Waals surface area contributed by atoms with Gasteiger partial charge < -0.3 is 16.0 Å². The van der Waals surface area contributed by atoms with Crippen LogP contribution in [0.25, 0.3) is 0 Å². The van der Waals surface area contributed by atoms with Crippen LogP contribution in [0.4, 0.5) is 23.2 Å². The molecule has 3 N–H and O–H groups in total. The molecule has 2 fully saturated rings. The van der Waals surface area contributed by atoms with E-state index in [-0.39, 0.29) is 23.2 Å². The molecular weight excluding hydrogens is 518 g/mol. The third kappa shape index (κ3) is 7.15. The highest BCUT2D eigenvalue weighted by Crippen LogP contribution is 2.51. The van der Waals surface area contributed by atoms with Crippen LogP contribution in [0, 0.1) is 23.6 Å². The average Bonchev–Trinajstić information content (AvgIpc) is 3.81. The van der Waals surface area contributed by atoms with Gasteiger partial charge in [0, 0.05) is 12.2 Å². The Balaban J connectivity index is 1.50. The molecule has 0 spiro atoms. The molecule has 2 aliphatic carbocycles. The Morgan fingerprint density at radius 3 is 2.21 bits per heavy atom. The standard InChI is InChI=1S/C27H33F4N5O3/c1-14(2)36-21(10-11-33-36)25(38)35-23(22(16-4-5-16)17-6-7-17)26(39)34-20-9-8-18(12-19(20)28)15(3)24(37)32-13-27(29,30)31/h8-12,14-17,22-23H,4-7,13H2,1-3H3,(H,32,37)(H,34,39)(H,35,38)/t15-,23-/m0/s1. The molecule has 4 rings (SSSR count). The minimum absolute atomic E-state index is 0.0683. The van der Waals surface area contributed by atoms with Crippen molar-refractivity contribution >= 4 is 23.4 Å². The quantitative estimate of drug-likeness (QED) is 0.356.